The van der Waals surface area contributed by atoms with Crippen molar-refractivity contribution >= 4 is 12.1 Å². The number of hydrogen-bond donors (Lipinski definition) is 1. The molecular formula is C22H19FN2O2. The number of halogens is 1. The molecule has 27 heavy (non-hydrogen) atoms. The van der Waals surface area contributed by atoms with Crippen LogP contribution in [0, 0.1) is 12.7 Å². The van der Waals surface area contributed by atoms with Gasteiger partial charge in [-0.15, -0.1) is 0 Å². The summed E-state index contributed by atoms with van der Waals surface area (Å²) in [5, 5.41) is 3.87. The summed E-state index contributed by atoms with van der Waals surface area (Å²) in [5.41, 5.74) is 5.88. The van der Waals surface area contributed by atoms with Gasteiger partial charge in [-0.2, -0.15) is 5.10 Å². The van der Waals surface area contributed by atoms with Crippen LogP contribution in [0.2, 0.25) is 0 Å². The minimum Gasteiger partial charge on any atom is -0.489 e. The van der Waals surface area contributed by atoms with Gasteiger partial charge in [0.05, 0.1) is 6.21 Å². The first-order valence-corrected chi connectivity index (χ1v) is 8.47. The molecule has 0 heterocycles. The second-order valence-corrected chi connectivity index (χ2v) is 6.05. The average Bonchev–Trinajstić information content (AvgIpc) is 2.69. The van der Waals surface area contributed by atoms with Crippen LogP contribution >= 0.6 is 0 Å². The molecule has 0 aliphatic rings. The maximum atomic E-state index is 12.8. The molecule has 136 valence electrons. The number of hydrogen-bond acceptors (Lipinski definition) is 3. The van der Waals surface area contributed by atoms with Crippen LogP contribution in [0.4, 0.5) is 4.39 Å². The van der Waals surface area contributed by atoms with Crippen molar-refractivity contribution in [3.8, 4) is 5.75 Å². The molecule has 3 aromatic rings. The summed E-state index contributed by atoms with van der Waals surface area (Å²) in [7, 11) is 0. The van der Waals surface area contributed by atoms with Crippen molar-refractivity contribution in [2.45, 2.75) is 13.5 Å². The van der Waals surface area contributed by atoms with Crippen molar-refractivity contribution in [3.05, 3.63) is 101 Å². The number of amides is 1. The summed E-state index contributed by atoms with van der Waals surface area (Å²) in [6.45, 7) is 2.51. The monoisotopic (exact) mass is 362 g/mol. The molecule has 0 unspecified atom stereocenters. The number of nitrogens with one attached hydrogen (secondary N) is 1. The highest BCUT2D eigenvalue weighted by molar-refractivity contribution is 5.94. The Hall–Kier alpha value is -3.47. The molecule has 1 amide bonds. The highest BCUT2D eigenvalue weighted by atomic mass is 19.1. The van der Waals surface area contributed by atoms with Crippen LogP contribution in [0.3, 0.4) is 0 Å². The molecule has 0 bridgehead atoms. The van der Waals surface area contributed by atoms with Crippen molar-refractivity contribution in [3.63, 3.8) is 0 Å². The first-order valence-electron chi connectivity index (χ1n) is 8.47. The number of rotatable bonds is 6. The van der Waals surface area contributed by atoms with Gasteiger partial charge in [0.2, 0.25) is 0 Å². The molecule has 5 heteroatoms. The summed E-state index contributed by atoms with van der Waals surface area (Å²) in [6, 6.07) is 20.8. The molecule has 0 radical (unpaired) electrons. The van der Waals surface area contributed by atoms with Gasteiger partial charge < -0.3 is 4.74 Å². The number of nitrogens with zero attached hydrogens (tertiary/aromatic N) is 1. The molecule has 0 atom stereocenters. The molecule has 0 fully saturated rings. The number of hydrazone groups is 1. The number of aryl methyl sites for hydroxylation is 1. The third kappa shape index (κ3) is 5.51. The molecule has 3 aromatic carbocycles. The Morgan fingerprint density at radius 3 is 2.33 bits per heavy atom. The van der Waals surface area contributed by atoms with Gasteiger partial charge in [0.15, 0.2) is 0 Å². The van der Waals surface area contributed by atoms with E-state index >= 15 is 0 Å². The highest BCUT2D eigenvalue weighted by Gasteiger charge is 2.04. The van der Waals surface area contributed by atoms with Crippen LogP contribution in [0.25, 0.3) is 0 Å². The van der Waals surface area contributed by atoms with Gasteiger partial charge >= 0.3 is 0 Å². The highest BCUT2D eigenvalue weighted by Crippen LogP contribution is 2.14. The molecule has 0 aliphatic heterocycles. The van der Waals surface area contributed by atoms with Crippen molar-refractivity contribution in [2.75, 3.05) is 0 Å². The predicted octanol–water partition coefficient (Wildman–Crippen LogP) is 4.48. The number of ether oxygens (including phenoxy) is 1. The lowest BCUT2D eigenvalue weighted by Crippen LogP contribution is -2.17. The van der Waals surface area contributed by atoms with Crippen LogP contribution < -0.4 is 10.2 Å². The number of benzene rings is 3. The van der Waals surface area contributed by atoms with Crippen LogP contribution in [0.1, 0.15) is 27.0 Å². The maximum Gasteiger partial charge on any atom is 0.271 e. The van der Waals surface area contributed by atoms with E-state index in [1.54, 1.807) is 36.4 Å². The fourth-order valence-corrected chi connectivity index (χ4v) is 2.33. The molecule has 3 rings (SSSR count). The van der Waals surface area contributed by atoms with Crippen molar-refractivity contribution < 1.29 is 13.9 Å². The van der Waals surface area contributed by atoms with Gasteiger partial charge in [-0.25, -0.2) is 9.82 Å². The first kappa shape index (κ1) is 18.3. The minimum absolute atomic E-state index is 0.319. The molecule has 0 aromatic heterocycles. The van der Waals surface area contributed by atoms with Gasteiger partial charge in [0, 0.05) is 5.56 Å². The van der Waals surface area contributed by atoms with Crippen LogP contribution in [0.15, 0.2) is 77.9 Å². The molecule has 0 saturated heterocycles. The van der Waals surface area contributed by atoms with E-state index in [9.17, 15) is 9.18 Å². The Balaban J connectivity index is 1.52. The molecular weight excluding hydrogens is 343 g/mol. The smallest absolute Gasteiger partial charge is 0.271 e. The zero-order valence-corrected chi connectivity index (χ0v) is 14.9. The fourth-order valence-electron chi connectivity index (χ4n) is 2.33. The lowest BCUT2D eigenvalue weighted by Gasteiger charge is -2.07. The summed E-state index contributed by atoms with van der Waals surface area (Å²) in [4.78, 5) is 12.1. The van der Waals surface area contributed by atoms with Crippen LogP contribution in [-0.2, 0) is 6.61 Å². The standard InChI is InChI=1S/C22H19FN2O2/c1-16-2-4-18(5-3-16)15-27-21-12-8-19(9-13-21)22(26)25-24-14-17-6-10-20(23)11-7-17/h2-14H,15H2,1H3,(H,25,26)/b24-14+. The van der Waals surface area contributed by atoms with E-state index in [0.29, 0.717) is 23.5 Å². The van der Waals surface area contributed by atoms with E-state index in [0.717, 1.165) is 5.56 Å². The lowest BCUT2D eigenvalue weighted by molar-refractivity contribution is 0.0955. The van der Waals surface area contributed by atoms with E-state index in [4.69, 9.17) is 4.74 Å². The number of carbonyl (C=O) groups excluding carboxylic acids is 1. The predicted molar refractivity (Wildman–Crippen MR) is 103 cm³/mol. The first-order chi connectivity index (χ1) is 13.1. The van der Waals surface area contributed by atoms with Crippen LogP contribution in [-0.4, -0.2) is 12.1 Å². The second-order valence-electron chi connectivity index (χ2n) is 6.05. The zero-order valence-electron chi connectivity index (χ0n) is 14.9. The Morgan fingerprint density at radius 1 is 1.00 bits per heavy atom. The van der Waals surface area contributed by atoms with Crippen molar-refractivity contribution in [2.24, 2.45) is 5.10 Å². The molecule has 0 saturated carbocycles. The Bertz CT molecular complexity index is 918. The molecule has 4 nitrogen and oxygen atoms in total. The topological polar surface area (TPSA) is 50.7 Å². The van der Waals surface area contributed by atoms with Gasteiger partial charge in [0.1, 0.15) is 18.2 Å². The van der Waals surface area contributed by atoms with Gasteiger partial charge in [0.25, 0.3) is 5.91 Å². The second kappa shape index (κ2) is 8.76. The minimum atomic E-state index is -0.335. The largest absolute Gasteiger partial charge is 0.489 e. The van der Waals surface area contributed by atoms with E-state index in [2.05, 4.69) is 10.5 Å². The van der Waals surface area contributed by atoms with E-state index in [1.807, 2.05) is 31.2 Å². The molecule has 0 spiro atoms. The summed E-state index contributed by atoms with van der Waals surface area (Å²) >= 11 is 0. The summed E-state index contributed by atoms with van der Waals surface area (Å²) < 4.78 is 18.6. The van der Waals surface area contributed by atoms with Crippen molar-refractivity contribution in [1.29, 1.82) is 0 Å². The SMILES string of the molecule is Cc1ccc(COc2ccc(C(=O)N/N=C/c3ccc(F)cc3)cc2)cc1. The van der Waals surface area contributed by atoms with E-state index in [-0.39, 0.29) is 11.7 Å². The number of carbonyl (C=O) groups is 1. The van der Waals surface area contributed by atoms with Gasteiger partial charge in [-0.1, -0.05) is 42.0 Å². The fraction of sp³-hybridized carbons (Fsp3) is 0.0909. The Morgan fingerprint density at radius 2 is 1.67 bits per heavy atom. The Kier molecular flexibility index (Phi) is 5.94. The third-order valence-corrected chi connectivity index (χ3v) is 3.89. The normalized spacial score (nSPS) is 10.7. The Labute approximate surface area is 157 Å². The summed E-state index contributed by atoms with van der Waals surface area (Å²) in [5.74, 6) is 0.0289. The summed E-state index contributed by atoms with van der Waals surface area (Å²) in [6.07, 6.45) is 1.45. The van der Waals surface area contributed by atoms with Crippen molar-refractivity contribution in [1.82, 2.24) is 5.43 Å². The third-order valence-electron chi connectivity index (χ3n) is 3.89. The molecule has 1 N–H and O–H groups in total. The van der Waals surface area contributed by atoms with E-state index in [1.165, 1.54) is 23.9 Å². The quantitative estimate of drug-likeness (QED) is 0.519. The van der Waals surface area contributed by atoms with Gasteiger partial charge in [-0.05, 0) is 54.4 Å². The lowest BCUT2D eigenvalue weighted by atomic mass is 10.2. The van der Waals surface area contributed by atoms with Crippen LogP contribution in [0.5, 0.6) is 5.75 Å². The van der Waals surface area contributed by atoms with Gasteiger partial charge in [-0.3, -0.25) is 4.79 Å². The molecule has 0 aliphatic carbocycles. The maximum absolute atomic E-state index is 12.8. The average molecular weight is 362 g/mol. The van der Waals surface area contributed by atoms with E-state index < -0.39 is 0 Å². The zero-order chi connectivity index (χ0) is 19.1.